The van der Waals surface area contributed by atoms with E-state index in [0.717, 1.165) is 0 Å². The van der Waals surface area contributed by atoms with Gasteiger partial charge in [0, 0.05) is 0 Å². The number of hydrogen-bond donors (Lipinski definition) is 1. The van der Waals surface area contributed by atoms with Crippen molar-refractivity contribution in [1.29, 1.82) is 5.31 Å². The van der Waals surface area contributed by atoms with Gasteiger partial charge in [0.25, 0.3) is 0 Å². The SMILES string of the molecule is CP(I)B=N. The van der Waals surface area contributed by atoms with Gasteiger partial charge in [0.2, 0.25) is 0 Å². The molecule has 0 saturated carbocycles. The molecule has 0 bridgehead atoms. The maximum absolute atomic E-state index is 6.55. The third-order valence-corrected chi connectivity index (χ3v) is 1.37. The van der Waals surface area contributed by atoms with Crippen LogP contribution in [0, 0.1) is 5.31 Å². The quantitative estimate of drug-likeness (QED) is 0.378. The summed E-state index contributed by atoms with van der Waals surface area (Å²) in [4.78, 5) is 0. The van der Waals surface area contributed by atoms with E-state index in [2.05, 4.69) is 22.0 Å². The van der Waals surface area contributed by atoms with E-state index < -0.39 is 0 Å². The van der Waals surface area contributed by atoms with Crippen molar-refractivity contribution < 1.29 is 0 Å². The van der Waals surface area contributed by atoms with Crippen molar-refractivity contribution in [2.75, 3.05) is 6.66 Å². The van der Waals surface area contributed by atoms with Crippen LogP contribution in [0.25, 0.3) is 0 Å². The van der Waals surface area contributed by atoms with E-state index in [9.17, 15) is 0 Å². The van der Waals surface area contributed by atoms with E-state index in [0.29, 0.717) is 0 Å². The molecule has 0 heterocycles. The molecule has 0 aromatic heterocycles. The molecule has 0 saturated heterocycles. The molecule has 5 heavy (non-hydrogen) atoms. The summed E-state index contributed by atoms with van der Waals surface area (Å²) >= 11 is 2.23. The number of rotatable bonds is 1. The van der Waals surface area contributed by atoms with Crippen LogP contribution in [-0.2, 0) is 0 Å². The van der Waals surface area contributed by atoms with Gasteiger partial charge in [-0.1, -0.05) is 0 Å². The summed E-state index contributed by atoms with van der Waals surface area (Å²) in [5.74, 6) is 0. The molecule has 0 aliphatic rings. The number of halogens is 1. The molecule has 0 spiro atoms. The van der Waals surface area contributed by atoms with Gasteiger partial charge in [-0.25, -0.2) is 0 Å². The Morgan fingerprint density at radius 2 is 2.20 bits per heavy atom. The van der Waals surface area contributed by atoms with Crippen molar-refractivity contribution in [3.8, 4) is 0 Å². The first-order valence-corrected chi connectivity index (χ1v) is 5.81. The zero-order valence-corrected chi connectivity index (χ0v) is 5.95. The molecule has 1 nitrogen and oxygen atoms in total. The summed E-state index contributed by atoms with van der Waals surface area (Å²) in [5.41, 5.74) is -0.0866. The zero-order valence-electron chi connectivity index (χ0n) is 2.90. The molecular weight excluding hydrogens is 195 g/mol. The molecule has 0 aliphatic carbocycles. The van der Waals surface area contributed by atoms with E-state index in [4.69, 9.17) is 5.31 Å². The number of hydrogen-bond acceptors (Lipinski definition) is 1. The van der Waals surface area contributed by atoms with Crippen molar-refractivity contribution in [3.63, 3.8) is 0 Å². The molecular formula is CH4BINP. The van der Waals surface area contributed by atoms with Crippen LogP contribution in [-0.4, -0.2) is 13.5 Å². The van der Waals surface area contributed by atoms with Crippen LogP contribution in [0.2, 0.25) is 0 Å². The Morgan fingerprint density at radius 1 is 2.00 bits per heavy atom. The fourth-order valence-corrected chi connectivity index (χ4v) is 0. The van der Waals surface area contributed by atoms with Crippen LogP contribution >= 0.6 is 27.5 Å². The predicted molar refractivity (Wildman–Crippen MR) is 35.3 cm³/mol. The fourth-order valence-electron chi connectivity index (χ4n) is 0. The van der Waals surface area contributed by atoms with Crippen LogP contribution in [0.1, 0.15) is 0 Å². The molecule has 0 aromatic rings. The zero-order chi connectivity index (χ0) is 4.28. The first-order valence-electron chi connectivity index (χ1n) is 1.16. The second-order valence-electron chi connectivity index (χ2n) is 0.654. The van der Waals surface area contributed by atoms with Crippen LogP contribution in [0.15, 0.2) is 0 Å². The van der Waals surface area contributed by atoms with Crippen molar-refractivity contribution in [2.45, 2.75) is 0 Å². The Bertz CT molecular complexity index is 38.6. The summed E-state index contributed by atoms with van der Waals surface area (Å²) in [6.45, 7) is 3.50. The van der Waals surface area contributed by atoms with E-state index in [1.54, 1.807) is 0 Å². The number of nitrogens with one attached hydrogen (secondary N) is 1. The van der Waals surface area contributed by atoms with E-state index >= 15 is 0 Å². The second-order valence-corrected chi connectivity index (χ2v) is 6.53. The van der Waals surface area contributed by atoms with Crippen LogP contribution in [0.3, 0.4) is 0 Å². The van der Waals surface area contributed by atoms with Crippen LogP contribution in [0.5, 0.6) is 0 Å². The van der Waals surface area contributed by atoms with Gasteiger partial charge in [-0.15, -0.1) is 0 Å². The van der Waals surface area contributed by atoms with Gasteiger partial charge < -0.3 is 0 Å². The molecule has 0 fully saturated rings. The van der Waals surface area contributed by atoms with Gasteiger partial charge in [0.1, 0.15) is 0 Å². The van der Waals surface area contributed by atoms with E-state index in [1.807, 2.05) is 6.66 Å². The van der Waals surface area contributed by atoms with Crippen molar-refractivity contribution >= 4 is 34.3 Å². The van der Waals surface area contributed by atoms with Crippen LogP contribution in [0.4, 0.5) is 0 Å². The van der Waals surface area contributed by atoms with Gasteiger partial charge in [0.15, 0.2) is 0 Å². The van der Waals surface area contributed by atoms with Gasteiger partial charge in [0.05, 0.1) is 0 Å². The Kier molecular flexibility index (Phi) is 3.88. The van der Waals surface area contributed by atoms with Crippen molar-refractivity contribution in [1.82, 2.24) is 0 Å². The average molecular weight is 199 g/mol. The molecule has 1 atom stereocenters. The van der Waals surface area contributed by atoms with Gasteiger partial charge in [-0.2, -0.15) is 0 Å². The summed E-state index contributed by atoms with van der Waals surface area (Å²) in [7, 11) is 0. The van der Waals surface area contributed by atoms with Crippen molar-refractivity contribution in [2.24, 2.45) is 0 Å². The topological polar surface area (TPSA) is 23.9 Å². The third-order valence-electron chi connectivity index (χ3n) is 0.178. The summed E-state index contributed by atoms with van der Waals surface area (Å²) in [5, 5.41) is 6.55. The Balaban J connectivity index is 2.83. The maximum atomic E-state index is 6.55. The Labute approximate surface area is 46.5 Å². The Hall–Kier alpha value is 1.02. The van der Waals surface area contributed by atoms with Gasteiger partial charge in [-0.3, -0.25) is 0 Å². The molecule has 1 unspecified atom stereocenters. The van der Waals surface area contributed by atoms with Crippen molar-refractivity contribution in [3.05, 3.63) is 0 Å². The van der Waals surface area contributed by atoms with E-state index in [-0.39, 0.29) is 5.44 Å². The Morgan fingerprint density at radius 3 is 2.20 bits per heavy atom. The molecule has 0 aliphatic heterocycles. The minimum absolute atomic E-state index is 0.0866. The first-order chi connectivity index (χ1) is 2.27. The molecule has 0 rings (SSSR count). The molecule has 28 valence electrons. The second kappa shape index (κ2) is 3.22. The predicted octanol–water partition coefficient (Wildman–Crippen LogP) is 1.83. The molecule has 1 N–H and O–H groups in total. The van der Waals surface area contributed by atoms with Gasteiger partial charge in [-0.05, 0) is 0 Å². The molecule has 0 radical (unpaired) electrons. The standard InChI is InChI=1S/CH4BINP/c1-5(3)2-4/h4H,1H3. The first kappa shape index (κ1) is 6.02. The fraction of sp³-hybridized carbons (Fsp3) is 1.00. The van der Waals surface area contributed by atoms with E-state index in [1.165, 1.54) is 6.79 Å². The summed E-state index contributed by atoms with van der Waals surface area (Å²) < 4.78 is 0. The van der Waals surface area contributed by atoms with Gasteiger partial charge >= 0.3 is 46.3 Å². The molecule has 0 amide bonds. The summed E-state index contributed by atoms with van der Waals surface area (Å²) in [6.07, 6.45) is 0. The molecule has 4 heteroatoms. The summed E-state index contributed by atoms with van der Waals surface area (Å²) in [6, 6.07) is 0. The third kappa shape index (κ3) is 5.02. The monoisotopic (exact) mass is 199 g/mol. The normalized spacial score (nSPS) is 13.2. The average Bonchev–Trinajstić information content (AvgIpc) is 1.38. The minimum atomic E-state index is -0.0866. The van der Waals surface area contributed by atoms with Crippen LogP contribution < -0.4 is 0 Å². The molecule has 0 aromatic carbocycles.